The molecule has 4 rings (SSSR count). The van der Waals surface area contributed by atoms with Gasteiger partial charge in [-0.05, 0) is 29.7 Å². The lowest BCUT2D eigenvalue weighted by Gasteiger charge is -2.35. The topological polar surface area (TPSA) is 61.8 Å². The summed E-state index contributed by atoms with van der Waals surface area (Å²) in [6.07, 6.45) is 3.55. The van der Waals surface area contributed by atoms with Gasteiger partial charge in [-0.3, -0.25) is 4.79 Å². The summed E-state index contributed by atoms with van der Waals surface area (Å²) in [5.74, 6) is 1.83. The normalized spacial score (nSPS) is 18.3. The van der Waals surface area contributed by atoms with Gasteiger partial charge in [0.25, 0.3) is 0 Å². The maximum absolute atomic E-state index is 12.3. The van der Waals surface area contributed by atoms with Crippen LogP contribution in [-0.4, -0.2) is 73.5 Å². The molecule has 0 N–H and O–H groups in total. The first-order chi connectivity index (χ1) is 13.3. The van der Waals surface area contributed by atoms with E-state index in [4.69, 9.17) is 4.74 Å². The fraction of sp³-hybridized carbons (Fsp3) is 0.421. The molecule has 7 nitrogen and oxygen atoms in total. The van der Waals surface area contributed by atoms with Crippen LogP contribution in [0.3, 0.4) is 0 Å². The van der Waals surface area contributed by atoms with E-state index in [1.54, 1.807) is 17.4 Å². The molecule has 2 aromatic heterocycles. The van der Waals surface area contributed by atoms with E-state index in [0.29, 0.717) is 13.1 Å². The first-order valence-electron chi connectivity index (χ1n) is 9.21. The van der Waals surface area contributed by atoms with E-state index in [9.17, 15) is 4.79 Å². The fourth-order valence-corrected chi connectivity index (χ4v) is 3.87. The Morgan fingerprint density at radius 3 is 2.22 bits per heavy atom. The Morgan fingerprint density at radius 2 is 1.63 bits per heavy atom. The molecule has 0 unspecified atom stereocenters. The number of thiophene rings is 1. The van der Waals surface area contributed by atoms with Crippen LogP contribution < -0.4 is 9.80 Å². The van der Waals surface area contributed by atoms with Crippen LogP contribution in [0.5, 0.6) is 0 Å². The number of morpholine rings is 1. The second-order valence-corrected chi connectivity index (χ2v) is 7.49. The van der Waals surface area contributed by atoms with Gasteiger partial charge < -0.3 is 19.4 Å². The van der Waals surface area contributed by atoms with Crippen LogP contribution in [0.15, 0.2) is 35.7 Å². The summed E-state index contributed by atoms with van der Waals surface area (Å²) in [5.41, 5.74) is 0. The standard InChI is InChI=1S/C19H23N5O2S/c25-19(6-3-16-2-1-15-27-16)24-9-7-22(8-10-24)17-4-5-18(21-20-17)23-11-13-26-14-12-23/h1-6,15H,7-14H2/b6-3+. The Bertz CT molecular complexity index is 764. The van der Waals surface area contributed by atoms with Crippen molar-refractivity contribution in [2.75, 3.05) is 62.3 Å². The van der Waals surface area contributed by atoms with E-state index in [0.717, 1.165) is 55.9 Å². The lowest BCUT2D eigenvalue weighted by atomic mass is 10.3. The SMILES string of the molecule is O=C(/C=C/c1cccs1)N1CCN(c2ccc(N3CCOCC3)nn2)CC1. The smallest absolute Gasteiger partial charge is 0.246 e. The van der Waals surface area contributed by atoms with Gasteiger partial charge in [-0.2, -0.15) is 0 Å². The number of hydrogen-bond acceptors (Lipinski definition) is 7. The minimum Gasteiger partial charge on any atom is -0.378 e. The van der Waals surface area contributed by atoms with E-state index in [1.165, 1.54) is 0 Å². The summed E-state index contributed by atoms with van der Waals surface area (Å²) >= 11 is 1.63. The number of hydrogen-bond donors (Lipinski definition) is 0. The highest BCUT2D eigenvalue weighted by Crippen LogP contribution is 2.18. The molecule has 0 radical (unpaired) electrons. The van der Waals surface area contributed by atoms with Crippen LogP contribution in [0.25, 0.3) is 6.08 Å². The summed E-state index contributed by atoms with van der Waals surface area (Å²) in [6, 6.07) is 8.03. The molecule has 0 bridgehead atoms. The van der Waals surface area contributed by atoms with Crippen molar-refractivity contribution in [2.24, 2.45) is 0 Å². The minimum absolute atomic E-state index is 0.0665. The number of rotatable bonds is 4. The van der Waals surface area contributed by atoms with Gasteiger partial charge in [0.2, 0.25) is 5.91 Å². The molecular formula is C19H23N5O2S. The van der Waals surface area contributed by atoms with Gasteiger partial charge in [-0.25, -0.2) is 0 Å². The van der Waals surface area contributed by atoms with E-state index in [1.807, 2.05) is 40.6 Å². The van der Waals surface area contributed by atoms with Crippen LogP contribution in [0.1, 0.15) is 4.88 Å². The number of carbonyl (C=O) groups excluding carboxylic acids is 1. The third-order valence-electron chi connectivity index (χ3n) is 4.82. The average Bonchev–Trinajstić information content (AvgIpc) is 3.27. The zero-order valence-electron chi connectivity index (χ0n) is 15.2. The van der Waals surface area contributed by atoms with Crippen LogP contribution in [0.4, 0.5) is 11.6 Å². The largest absolute Gasteiger partial charge is 0.378 e. The second-order valence-electron chi connectivity index (χ2n) is 6.51. The highest BCUT2D eigenvalue weighted by atomic mass is 32.1. The lowest BCUT2D eigenvalue weighted by Crippen LogP contribution is -2.48. The second kappa shape index (κ2) is 8.49. The summed E-state index contributed by atoms with van der Waals surface area (Å²) in [7, 11) is 0. The average molecular weight is 385 g/mol. The van der Waals surface area contributed by atoms with Gasteiger partial charge in [0.15, 0.2) is 11.6 Å². The van der Waals surface area contributed by atoms with Gasteiger partial charge in [-0.15, -0.1) is 21.5 Å². The van der Waals surface area contributed by atoms with Crippen LogP contribution in [0, 0.1) is 0 Å². The number of piperazine rings is 1. The zero-order valence-corrected chi connectivity index (χ0v) is 16.0. The summed E-state index contributed by atoms with van der Waals surface area (Å²) in [6.45, 7) is 6.11. The monoisotopic (exact) mass is 385 g/mol. The van der Waals surface area contributed by atoms with Gasteiger partial charge in [0.1, 0.15) is 0 Å². The van der Waals surface area contributed by atoms with Crippen LogP contribution >= 0.6 is 11.3 Å². The van der Waals surface area contributed by atoms with Gasteiger partial charge in [0, 0.05) is 50.2 Å². The van der Waals surface area contributed by atoms with Crippen molar-refractivity contribution in [2.45, 2.75) is 0 Å². The maximum Gasteiger partial charge on any atom is 0.246 e. The molecule has 2 aromatic rings. The van der Waals surface area contributed by atoms with Crippen LogP contribution in [0.2, 0.25) is 0 Å². The van der Waals surface area contributed by atoms with Crippen molar-refractivity contribution in [3.63, 3.8) is 0 Å². The fourth-order valence-electron chi connectivity index (χ4n) is 3.25. The molecule has 142 valence electrons. The Morgan fingerprint density at radius 1 is 0.963 bits per heavy atom. The molecule has 2 aliphatic rings. The molecule has 0 atom stereocenters. The Hall–Kier alpha value is -2.45. The number of aromatic nitrogens is 2. The molecule has 2 fully saturated rings. The molecule has 0 aliphatic carbocycles. The molecule has 0 aromatic carbocycles. The minimum atomic E-state index is 0.0665. The molecule has 4 heterocycles. The van der Waals surface area contributed by atoms with Crippen molar-refractivity contribution in [3.05, 3.63) is 40.6 Å². The quantitative estimate of drug-likeness (QED) is 0.747. The first-order valence-corrected chi connectivity index (χ1v) is 10.1. The third-order valence-corrected chi connectivity index (χ3v) is 5.66. The maximum atomic E-state index is 12.3. The summed E-state index contributed by atoms with van der Waals surface area (Å²) in [5, 5.41) is 10.8. The Kier molecular flexibility index (Phi) is 5.64. The van der Waals surface area contributed by atoms with E-state index < -0.39 is 0 Å². The molecule has 0 saturated carbocycles. The van der Waals surface area contributed by atoms with Crippen molar-refractivity contribution in [1.29, 1.82) is 0 Å². The van der Waals surface area contributed by atoms with Crippen molar-refractivity contribution in [3.8, 4) is 0 Å². The number of nitrogens with zero attached hydrogens (tertiary/aromatic N) is 5. The van der Waals surface area contributed by atoms with Crippen molar-refractivity contribution < 1.29 is 9.53 Å². The number of carbonyl (C=O) groups is 1. The summed E-state index contributed by atoms with van der Waals surface area (Å²) in [4.78, 5) is 19.7. The van der Waals surface area contributed by atoms with Crippen molar-refractivity contribution in [1.82, 2.24) is 15.1 Å². The van der Waals surface area contributed by atoms with Gasteiger partial charge in [-0.1, -0.05) is 6.07 Å². The highest BCUT2D eigenvalue weighted by Gasteiger charge is 2.21. The van der Waals surface area contributed by atoms with E-state index >= 15 is 0 Å². The molecule has 8 heteroatoms. The predicted molar refractivity (Wildman–Crippen MR) is 107 cm³/mol. The lowest BCUT2D eigenvalue weighted by molar-refractivity contribution is -0.126. The molecule has 1 amide bonds. The Balaban J connectivity index is 1.30. The molecule has 27 heavy (non-hydrogen) atoms. The highest BCUT2D eigenvalue weighted by molar-refractivity contribution is 7.10. The van der Waals surface area contributed by atoms with E-state index in [-0.39, 0.29) is 5.91 Å². The first kappa shape index (κ1) is 17.9. The van der Waals surface area contributed by atoms with Crippen molar-refractivity contribution >= 4 is 35.0 Å². The molecule has 2 aliphatic heterocycles. The molecule has 0 spiro atoms. The Labute approximate surface area is 162 Å². The van der Waals surface area contributed by atoms with E-state index in [2.05, 4.69) is 20.0 Å². The number of anilines is 2. The number of amides is 1. The number of ether oxygens (including phenoxy) is 1. The van der Waals surface area contributed by atoms with Crippen LogP contribution in [-0.2, 0) is 9.53 Å². The third kappa shape index (κ3) is 4.45. The zero-order chi connectivity index (χ0) is 18.5. The molecular weight excluding hydrogens is 362 g/mol. The van der Waals surface area contributed by atoms with Gasteiger partial charge >= 0.3 is 0 Å². The molecule has 2 saturated heterocycles. The van der Waals surface area contributed by atoms with Gasteiger partial charge in [0.05, 0.1) is 13.2 Å². The predicted octanol–water partition coefficient (Wildman–Crippen LogP) is 1.74. The summed E-state index contributed by atoms with van der Waals surface area (Å²) < 4.78 is 5.37.